The van der Waals surface area contributed by atoms with Crippen LogP contribution in [0.25, 0.3) is 0 Å². The minimum atomic E-state index is -4.63. The van der Waals surface area contributed by atoms with Crippen molar-refractivity contribution in [2.75, 3.05) is 5.32 Å². The number of nitro benzene ring substituents is 1. The molecular weight excluding hydrogens is 439 g/mol. The Kier molecular flexibility index (Phi) is 5.78. The molecular formula is C18H12F3N5O6. The van der Waals surface area contributed by atoms with Crippen molar-refractivity contribution in [3.8, 4) is 11.5 Å². The zero-order valence-electron chi connectivity index (χ0n) is 16.0. The van der Waals surface area contributed by atoms with Gasteiger partial charge in [-0.3, -0.25) is 29.7 Å². The van der Waals surface area contributed by atoms with Crippen molar-refractivity contribution in [1.82, 2.24) is 9.78 Å². The summed E-state index contributed by atoms with van der Waals surface area (Å²) in [6.07, 6.45) is -3.76. The van der Waals surface area contributed by atoms with E-state index < -0.39 is 44.6 Å². The number of hydrogen-bond acceptors (Lipinski definition) is 7. The Bertz CT molecular complexity index is 1220. The van der Waals surface area contributed by atoms with Crippen LogP contribution in [0.3, 0.4) is 0 Å². The van der Waals surface area contributed by atoms with E-state index in [1.54, 1.807) is 0 Å². The van der Waals surface area contributed by atoms with E-state index in [1.807, 2.05) is 0 Å². The van der Waals surface area contributed by atoms with Gasteiger partial charge in [0.1, 0.15) is 17.7 Å². The third-order valence-corrected chi connectivity index (χ3v) is 4.09. The fourth-order valence-electron chi connectivity index (χ4n) is 2.70. The predicted molar refractivity (Wildman–Crippen MR) is 102 cm³/mol. The Morgan fingerprint density at radius 1 is 1.09 bits per heavy atom. The maximum atomic E-state index is 12.9. The SMILES string of the molecule is Cn1ncc([N+](=O)[O-])c1C(=O)Nc1cc(Oc2cccc(C(F)(F)F)c2)cc([N+](=O)[O-])c1. The number of alkyl halides is 3. The molecule has 2 aromatic carbocycles. The molecule has 1 amide bonds. The van der Waals surface area contributed by atoms with Crippen molar-refractivity contribution in [2.45, 2.75) is 6.18 Å². The molecule has 0 aliphatic heterocycles. The number of nitrogens with one attached hydrogen (secondary N) is 1. The highest BCUT2D eigenvalue weighted by Gasteiger charge is 2.31. The second kappa shape index (κ2) is 8.33. The van der Waals surface area contributed by atoms with Crippen LogP contribution in [0.15, 0.2) is 48.7 Å². The summed E-state index contributed by atoms with van der Waals surface area (Å²) in [5.74, 6) is -1.48. The number of carbonyl (C=O) groups is 1. The number of benzene rings is 2. The summed E-state index contributed by atoms with van der Waals surface area (Å²) >= 11 is 0. The molecule has 0 atom stereocenters. The number of ether oxygens (including phenoxy) is 1. The summed E-state index contributed by atoms with van der Waals surface area (Å²) in [4.78, 5) is 33.2. The average Bonchev–Trinajstić information content (AvgIpc) is 3.09. The quantitative estimate of drug-likeness (QED) is 0.435. The lowest BCUT2D eigenvalue weighted by Gasteiger charge is -2.11. The van der Waals surface area contributed by atoms with E-state index in [4.69, 9.17) is 4.74 Å². The number of non-ortho nitro benzene ring substituents is 1. The Balaban J connectivity index is 1.94. The van der Waals surface area contributed by atoms with Crippen molar-refractivity contribution < 1.29 is 32.5 Å². The number of amides is 1. The van der Waals surface area contributed by atoms with Crippen molar-refractivity contribution in [1.29, 1.82) is 0 Å². The van der Waals surface area contributed by atoms with Crippen LogP contribution in [0.5, 0.6) is 11.5 Å². The molecule has 32 heavy (non-hydrogen) atoms. The first-order chi connectivity index (χ1) is 15.0. The lowest BCUT2D eigenvalue weighted by Crippen LogP contribution is -2.17. The smallest absolute Gasteiger partial charge is 0.416 e. The molecule has 1 heterocycles. The van der Waals surface area contributed by atoms with Gasteiger partial charge in [-0.25, -0.2) is 0 Å². The lowest BCUT2D eigenvalue weighted by molar-refractivity contribution is -0.385. The van der Waals surface area contributed by atoms with Crippen LogP contribution < -0.4 is 10.1 Å². The molecule has 0 spiro atoms. The number of nitrogens with zero attached hydrogens (tertiary/aromatic N) is 4. The van der Waals surface area contributed by atoms with E-state index in [0.717, 1.165) is 41.2 Å². The van der Waals surface area contributed by atoms with Crippen LogP contribution in [0.4, 0.5) is 30.2 Å². The van der Waals surface area contributed by atoms with Crippen LogP contribution in [0.1, 0.15) is 16.1 Å². The number of nitro groups is 2. The molecule has 0 aliphatic rings. The van der Waals surface area contributed by atoms with Crippen molar-refractivity contribution in [3.05, 3.63) is 80.1 Å². The van der Waals surface area contributed by atoms with Crippen LogP contribution in [-0.2, 0) is 13.2 Å². The first-order valence-corrected chi connectivity index (χ1v) is 8.58. The van der Waals surface area contributed by atoms with Crippen molar-refractivity contribution in [2.24, 2.45) is 7.05 Å². The van der Waals surface area contributed by atoms with Gasteiger partial charge in [-0.05, 0) is 18.2 Å². The Labute approximate surface area is 176 Å². The third-order valence-electron chi connectivity index (χ3n) is 4.09. The van der Waals surface area contributed by atoms with Gasteiger partial charge in [0.05, 0.1) is 27.2 Å². The van der Waals surface area contributed by atoms with Crippen LogP contribution in [0.2, 0.25) is 0 Å². The molecule has 3 rings (SSSR count). The highest BCUT2D eigenvalue weighted by molar-refractivity contribution is 6.06. The van der Waals surface area contributed by atoms with Gasteiger partial charge in [0.2, 0.25) is 5.69 Å². The first-order valence-electron chi connectivity index (χ1n) is 8.58. The minimum Gasteiger partial charge on any atom is -0.457 e. The van der Waals surface area contributed by atoms with E-state index in [-0.39, 0.29) is 17.2 Å². The van der Waals surface area contributed by atoms with Gasteiger partial charge < -0.3 is 10.1 Å². The zero-order valence-corrected chi connectivity index (χ0v) is 16.0. The van der Waals surface area contributed by atoms with Gasteiger partial charge in [-0.15, -0.1) is 0 Å². The number of anilines is 1. The molecule has 0 bridgehead atoms. The van der Waals surface area contributed by atoms with E-state index in [9.17, 15) is 38.2 Å². The molecule has 0 aliphatic carbocycles. The molecule has 1 aromatic heterocycles. The molecule has 0 fully saturated rings. The summed E-state index contributed by atoms with van der Waals surface area (Å²) in [7, 11) is 1.29. The number of aryl methyl sites for hydroxylation is 1. The minimum absolute atomic E-state index is 0.179. The molecule has 1 N–H and O–H groups in total. The fourth-order valence-corrected chi connectivity index (χ4v) is 2.70. The highest BCUT2D eigenvalue weighted by atomic mass is 19.4. The summed E-state index contributed by atoms with van der Waals surface area (Å²) in [5, 5.41) is 28.2. The van der Waals surface area contributed by atoms with Gasteiger partial charge in [0.15, 0.2) is 0 Å². The largest absolute Gasteiger partial charge is 0.457 e. The van der Waals surface area contributed by atoms with Gasteiger partial charge in [0.25, 0.3) is 11.6 Å². The molecule has 166 valence electrons. The first kappa shape index (κ1) is 22.2. The van der Waals surface area contributed by atoms with E-state index >= 15 is 0 Å². The van der Waals surface area contributed by atoms with Crippen LogP contribution in [-0.4, -0.2) is 25.5 Å². The van der Waals surface area contributed by atoms with Gasteiger partial charge in [-0.2, -0.15) is 18.3 Å². The van der Waals surface area contributed by atoms with E-state index in [2.05, 4.69) is 10.4 Å². The van der Waals surface area contributed by atoms with Gasteiger partial charge in [-0.1, -0.05) is 6.07 Å². The Hall–Kier alpha value is -4.49. The maximum Gasteiger partial charge on any atom is 0.416 e. The molecule has 0 unspecified atom stereocenters. The summed E-state index contributed by atoms with van der Waals surface area (Å²) in [5.41, 5.74) is -2.71. The Morgan fingerprint density at radius 2 is 1.81 bits per heavy atom. The number of rotatable bonds is 6. The normalized spacial score (nSPS) is 11.1. The molecule has 0 saturated carbocycles. The molecule has 14 heteroatoms. The van der Waals surface area contributed by atoms with Crippen molar-refractivity contribution in [3.63, 3.8) is 0 Å². The third kappa shape index (κ3) is 4.80. The number of carbonyl (C=O) groups excluding carboxylic acids is 1. The Morgan fingerprint density at radius 3 is 2.44 bits per heavy atom. The van der Waals surface area contributed by atoms with E-state index in [1.165, 1.54) is 13.1 Å². The summed E-state index contributed by atoms with van der Waals surface area (Å²) < 4.78 is 45.0. The standard InChI is InChI=1S/C18H12F3N5O6/c1-24-16(15(9-22-24)26(30)31)17(27)23-11-6-12(25(28)29)8-14(7-11)32-13-4-2-3-10(5-13)18(19,20)21/h2-9H,1H3,(H,23,27). The molecule has 3 aromatic rings. The summed E-state index contributed by atoms with van der Waals surface area (Å²) in [6, 6.07) is 6.86. The lowest BCUT2D eigenvalue weighted by atomic mass is 10.2. The molecule has 0 saturated heterocycles. The van der Waals surface area contributed by atoms with E-state index in [0.29, 0.717) is 6.07 Å². The second-order valence-electron chi connectivity index (χ2n) is 6.31. The van der Waals surface area contributed by atoms with Crippen LogP contribution in [0, 0.1) is 20.2 Å². The number of halogens is 3. The van der Waals surface area contributed by atoms with Crippen molar-refractivity contribution >= 4 is 23.0 Å². The maximum absolute atomic E-state index is 12.9. The fraction of sp³-hybridized carbons (Fsp3) is 0.111. The molecule has 0 radical (unpaired) electrons. The predicted octanol–water partition coefficient (Wildman–Crippen LogP) is 4.30. The van der Waals surface area contributed by atoms with Gasteiger partial charge in [0, 0.05) is 19.2 Å². The average molecular weight is 451 g/mol. The monoisotopic (exact) mass is 451 g/mol. The second-order valence-corrected chi connectivity index (χ2v) is 6.31. The van der Waals surface area contributed by atoms with Crippen LogP contribution >= 0.6 is 0 Å². The summed E-state index contributed by atoms with van der Waals surface area (Å²) in [6.45, 7) is 0. The number of aromatic nitrogens is 2. The highest BCUT2D eigenvalue weighted by Crippen LogP contribution is 2.34. The zero-order chi connectivity index (χ0) is 23.6. The topological polar surface area (TPSA) is 142 Å². The number of hydrogen-bond donors (Lipinski definition) is 1. The van der Waals surface area contributed by atoms with Gasteiger partial charge >= 0.3 is 11.9 Å². The molecule has 11 nitrogen and oxygen atoms in total.